The highest BCUT2D eigenvalue weighted by molar-refractivity contribution is 7.18. The van der Waals surface area contributed by atoms with Gasteiger partial charge >= 0.3 is 0 Å². The van der Waals surface area contributed by atoms with Gasteiger partial charge in [0.1, 0.15) is 34.2 Å². The van der Waals surface area contributed by atoms with Crippen molar-refractivity contribution in [1.82, 2.24) is 15.0 Å². The molecule has 0 aliphatic carbocycles. The second-order valence-electron chi connectivity index (χ2n) is 6.56. The summed E-state index contributed by atoms with van der Waals surface area (Å²) in [6.45, 7) is 6.54. The number of aryl methyl sites for hydroxylation is 1. The molecule has 2 aromatic heterocycles. The van der Waals surface area contributed by atoms with Gasteiger partial charge in [-0.3, -0.25) is 0 Å². The summed E-state index contributed by atoms with van der Waals surface area (Å²) in [6, 6.07) is 7.86. The van der Waals surface area contributed by atoms with Gasteiger partial charge in [0, 0.05) is 11.6 Å². The molecule has 0 fully saturated rings. The van der Waals surface area contributed by atoms with E-state index < -0.39 is 0 Å². The van der Waals surface area contributed by atoms with Gasteiger partial charge in [0.15, 0.2) is 0 Å². The number of hydrogen-bond donors (Lipinski definition) is 1. The Balaban J connectivity index is 1.88. The maximum atomic E-state index is 9.52. The maximum Gasteiger partial charge on any atom is 0.147 e. The van der Waals surface area contributed by atoms with Crippen LogP contribution in [0, 0.1) is 24.2 Å². The number of benzene rings is 1. The lowest BCUT2D eigenvalue weighted by atomic mass is 10.0. The average molecular weight is 367 g/mol. The van der Waals surface area contributed by atoms with Gasteiger partial charge in [-0.1, -0.05) is 18.3 Å². The fraction of sp³-hybridized carbons (Fsp3) is 0.368. The van der Waals surface area contributed by atoms with Crippen LogP contribution in [0.1, 0.15) is 30.8 Å². The molecule has 3 aromatic rings. The predicted molar refractivity (Wildman–Crippen MR) is 103 cm³/mol. The molecule has 1 aromatic carbocycles. The third-order valence-electron chi connectivity index (χ3n) is 3.97. The number of ether oxygens (including phenoxy) is 1. The smallest absolute Gasteiger partial charge is 0.147 e. The normalized spacial score (nSPS) is 13.3. The highest BCUT2D eigenvalue weighted by atomic mass is 32.1. The topological polar surface area (TPSA) is 97.7 Å². The molecule has 2 unspecified atom stereocenters. The van der Waals surface area contributed by atoms with Crippen LogP contribution in [0.3, 0.4) is 0 Å². The highest BCUT2D eigenvalue weighted by Crippen LogP contribution is 2.31. The molecule has 2 heterocycles. The van der Waals surface area contributed by atoms with Gasteiger partial charge in [-0.15, -0.1) is 0 Å². The molecule has 0 aliphatic heterocycles. The van der Waals surface area contributed by atoms with Gasteiger partial charge in [-0.05, 0) is 44.4 Å². The fourth-order valence-corrected chi connectivity index (χ4v) is 3.65. The first-order chi connectivity index (χ1) is 12.5. The quantitative estimate of drug-likeness (QED) is 0.713. The van der Waals surface area contributed by atoms with Crippen molar-refractivity contribution < 1.29 is 4.74 Å². The lowest BCUT2D eigenvalue weighted by Crippen LogP contribution is -2.21. The van der Waals surface area contributed by atoms with Gasteiger partial charge in [0.2, 0.25) is 0 Å². The van der Waals surface area contributed by atoms with E-state index in [4.69, 9.17) is 10.5 Å². The number of hydrogen-bond acceptors (Lipinski definition) is 7. The summed E-state index contributed by atoms with van der Waals surface area (Å²) in [7, 11) is 0. The fourth-order valence-electron chi connectivity index (χ4n) is 2.89. The second-order valence-corrected chi connectivity index (χ2v) is 7.74. The number of fused-ring (bicyclic) bond motifs is 1. The summed E-state index contributed by atoms with van der Waals surface area (Å²) >= 11 is 1.53. The van der Waals surface area contributed by atoms with Crippen molar-refractivity contribution in [3.8, 4) is 23.1 Å². The minimum atomic E-state index is 0.133. The molecule has 2 atom stereocenters. The van der Waals surface area contributed by atoms with Crippen molar-refractivity contribution >= 4 is 21.7 Å². The predicted octanol–water partition coefficient (Wildman–Crippen LogP) is 3.69. The van der Waals surface area contributed by atoms with E-state index in [-0.39, 0.29) is 6.04 Å². The molecule has 134 valence electrons. The van der Waals surface area contributed by atoms with E-state index in [0.717, 1.165) is 33.0 Å². The van der Waals surface area contributed by atoms with E-state index in [0.29, 0.717) is 23.8 Å². The van der Waals surface area contributed by atoms with Crippen LogP contribution < -0.4 is 10.5 Å². The van der Waals surface area contributed by atoms with Crippen LogP contribution >= 0.6 is 11.3 Å². The average Bonchev–Trinajstić information content (AvgIpc) is 2.99. The SMILES string of the molecule is Cc1nc2c(-c3ccc(OCC(C)CC(C)N)c(C#N)c3)ncnc2s1. The Morgan fingerprint density at radius 3 is 2.85 bits per heavy atom. The monoisotopic (exact) mass is 367 g/mol. The van der Waals surface area contributed by atoms with Crippen LogP contribution in [0.25, 0.3) is 21.6 Å². The minimum Gasteiger partial charge on any atom is -0.492 e. The van der Waals surface area contributed by atoms with E-state index in [1.54, 1.807) is 6.07 Å². The largest absolute Gasteiger partial charge is 0.492 e. The molecule has 6 nitrogen and oxygen atoms in total. The minimum absolute atomic E-state index is 0.133. The lowest BCUT2D eigenvalue weighted by molar-refractivity contribution is 0.246. The van der Waals surface area contributed by atoms with Crippen molar-refractivity contribution in [2.24, 2.45) is 11.7 Å². The standard InChI is InChI=1S/C19H21N5OS/c1-11(6-12(2)21)9-25-16-5-4-14(7-15(16)8-20)17-18-19(23-10-22-17)26-13(3)24-18/h4-5,7,10-12H,6,9,21H2,1-3H3. The van der Waals surface area contributed by atoms with Crippen LogP contribution in [0.4, 0.5) is 0 Å². The lowest BCUT2D eigenvalue weighted by Gasteiger charge is -2.16. The summed E-state index contributed by atoms with van der Waals surface area (Å²) in [4.78, 5) is 14.0. The number of aromatic nitrogens is 3. The Bertz CT molecular complexity index is 960. The molecule has 0 bridgehead atoms. The molecular weight excluding hydrogens is 346 g/mol. The Labute approximate surface area is 156 Å². The van der Waals surface area contributed by atoms with Gasteiger partial charge in [-0.2, -0.15) is 5.26 Å². The van der Waals surface area contributed by atoms with Gasteiger partial charge in [0.25, 0.3) is 0 Å². The highest BCUT2D eigenvalue weighted by Gasteiger charge is 2.14. The van der Waals surface area contributed by atoms with E-state index in [9.17, 15) is 5.26 Å². The third-order valence-corrected chi connectivity index (χ3v) is 4.85. The summed E-state index contributed by atoms with van der Waals surface area (Å²) in [5.74, 6) is 0.897. The molecule has 2 N–H and O–H groups in total. The van der Waals surface area contributed by atoms with Gasteiger partial charge < -0.3 is 10.5 Å². The van der Waals surface area contributed by atoms with Crippen LogP contribution in [-0.4, -0.2) is 27.6 Å². The van der Waals surface area contributed by atoms with Crippen LogP contribution in [-0.2, 0) is 0 Å². The number of nitrogens with zero attached hydrogens (tertiary/aromatic N) is 4. The Morgan fingerprint density at radius 1 is 1.31 bits per heavy atom. The van der Waals surface area contributed by atoms with Crippen molar-refractivity contribution in [3.05, 3.63) is 35.1 Å². The first-order valence-corrected chi connectivity index (χ1v) is 9.30. The molecule has 0 spiro atoms. The van der Waals surface area contributed by atoms with Crippen LogP contribution in [0.2, 0.25) is 0 Å². The zero-order valence-electron chi connectivity index (χ0n) is 15.1. The Hall–Kier alpha value is -2.56. The van der Waals surface area contributed by atoms with Crippen molar-refractivity contribution in [2.75, 3.05) is 6.61 Å². The number of rotatable bonds is 6. The Kier molecular flexibility index (Phi) is 5.45. The number of nitriles is 1. The van der Waals surface area contributed by atoms with E-state index >= 15 is 0 Å². The summed E-state index contributed by atoms with van der Waals surface area (Å²) < 4.78 is 5.85. The van der Waals surface area contributed by atoms with E-state index in [1.807, 2.05) is 26.0 Å². The first-order valence-electron chi connectivity index (χ1n) is 8.49. The molecule has 0 radical (unpaired) electrons. The van der Waals surface area contributed by atoms with E-state index in [2.05, 4.69) is 27.9 Å². The third kappa shape index (κ3) is 3.98. The Morgan fingerprint density at radius 2 is 2.12 bits per heavy atom. The summed E-state index contributed by atoms with van der Waals surface area (Å²) in [5, 5.41) is 10.5. The summed E-state index contributed by atoms with van der Waals surface area (Å²) in [5.41, 5.74) is 8.63. The van der Waals surface area contributed by atoms with E-state index in [1.165, 1.54) is 17.7 Å². The van der Waals surface area contributed by atoms with Crippen molar-refractivity contribution in [1.29, 1.82) is 5.26 Å². The first kappa shape index (κ1) is 18.2. The second kappa shape index (κ2) is 7.77. The zero-order valence-corrected chi connectivity index (χ0v) is 15.9. The molecule has 26 heavy (non-hydrogen) atoms. The molecule has 3 rings (SSSR count). The molecule has 0 saturated heterocycles. The van der Waals surface area contributed by atoms with Gasteiger partial charge in [-0.25, -0.2) is 15.0 Å². The van der Waals surface area contributed by atoms with Crippen LogP contribution in [0.5, 0.6) is 5.75 Å². The zero-order chi connectivity index (χ0) is 18.7. The van der Waals surface area contributed by atoms with Crippen molar-refractivity contribution in [2.45, 2.75) is 33.2 Å². The maximum absolute atomic E-state index is 9.52. The molecule has 7 heteroatoms. The molecule has 0 saturated carbocycles. The molecular formula is C19H21N5OS. The summed E-state index contributed by atoms with van der Waals surface area (Å²) in [6.07, 6.45) is 2.41. The van der Waals surface area contributed by atoms with Crippen LogP contribution in [0.15, 0.2) is 24.5 Å². The molecule has 0 aliphatic rings. The van der Waals surface area contributed by atoms with Crippen molar-refractivity contribution in [3.63, 3.8) is 0 Å². The van der Waals surface area contributed by atoms with Gasteiger partial charge in [0.05, 0.1) is 17.2 Å². The number of thiazole rings is 1. The molecule has 0 amide bonds. The number of nitrogens with two attached hydrogens (primary N) is 1.